The number of rotatable bonds is 6. The minimum Gasteiger partial charge on any atom is -0.334 e. The first-order chi connectivity index (χ1) is 8.06. The van der Waals surface area contributed by atoms with Crippen LogP contribution in [0.1, 0.15) is 37.1 Å². The van der Waals surface area contributed by atoms with Crippen LogP contribution in [0.5, 0.6) is 0 Å². The van der Waals surface area contributed by atoms with Gasteiger partial charge in [-0.25, -0.2) is 4.98 Å². The van der Waals surface area contributed by atoms with Crippen molar-refractivity contribution in [2.75, 3.05) is 26.7 Å². The normalized spacial score (nSPS) is 13.4. The Bertz CT molecular complexity index is 353. The van der Waals surface area contributed by atoms with E-state index in [1.165, 1.54) is 5.69 Å². The summed E-state index contributed by atoms with van der Waals surface area (Å²) >= 11 is 0. The molecular weight excluding hydrogens is 212 g/mol. The largest absolute Gasteiger partial charge is 0.334 e. The Hall–Kier alpha value is -0.870. The van der Waals surface area contributed by atoms with E-state index in [-0.39, 0.29) is 0 Å². The third-order valence-electron chi connectivity index (χ3n) is 3.51. The molecule has 0 aliphatic carbocycles. The molecule has 98 valence electrons. The Balaban J connectivity index is 3.12. The van der Waals surface area contributed by atoms with Gasteiger partial charge < -0.3 is 9.88 Å². The maximum atomic E-state index is 4.57. The van der Waals surface area contributed by atoms with Crippen molar-refractivity contribution in [1.82, 2.24) is 19.8 Å². The Morgan fingerprint density at radius 3 is 2.24 bits per heavy atom. The van der Waals surface area contributed by atoms with E-state index in [1.807, 2.05) is 7.05 Å². The fraction of sp³-hybridized carbons (Fsp3) is 0.769. The molecule has 0 aliphatic rings. The zero-order chi connectivity index (χ0) is 13.0. The van der Waals surface area contributed by atoms with Crippen LogP contribution in [0, 0.1) is 13.8 Å². The monoisotopic (exact) mass is 238 g/mol. The number of likely N-dealkylation sites (N-methyl/N-ethyl adjacent to an activating group) is 2. The van der Waals surface area contributed by atoms with Gasteiger partial charge in [-0.05, 0) is 34.0 Å². The average molecular weight is 238 g/mol. The number of hydrogen-bond acceptors (Lipinski definition) is 3. The van der Waals surface area contributed by atoms with Crippen LogP contribution in [-0.4, -0.2) is 41.1 Å². The summed E-state index contributed by atoms with van der Waals surface area (Å²) in [6.07, 6.45) is 0. The van der Waals surface area contributed by atoms with Crippen molar-refractivity contribution in [2.24, 2.45) is 7.05 Å². The summed E-state index contributed by atoms with van der Waals surface area (Å²) in [5, 5.41) is 3.30. The smallest absolute Gasteiger partial charge is 0.105 e. The average Bonchev–Trinajstić information content (AvgIpc) is 2.54. The van der Waals surface area contributed by atoms with Crippen LogP contribution in [0.2, 0.25) is 0 Å². The molecule has 4 heteroatoms. The van der Waals surface area contributed by atoms with Crippen molar-refractivity contribution in [3.63, 3.8) is 0 Å². The topological polar surface area (TPSA) is 33.1 Å². The number of aryl methyl sites for hydroxylation is 2. The SMILES string of the molecule is CCN(CC)C(CNC)c1c(C)nc(C)n1C. The molecule has 1 aromatic rings. The van der Waals surface area contributed by atoms with E-state index in [0.717, 1.165) is 31.2 Å². The first-order valence-corrected chi connectivity index (χ1v) is 6.45. The van der Waals surface area contributed by atoms with E-state index >= 15 is 0 Å². The summed E-state index contributed by atoms with van der Waals surface area (Å²) in [4.78, 5) is 7.05. The van der Waals surface area contributed by atoms with Crippen LogP contribution >= 0.6 is 0 Å². The molecule has 17 heavy (non-hydrogen) atoms. The van der Waals surface area contributed by atoms with Crippen molar-refractivity contribution in [3.05, 3.63) is 17.2 Å². The zero-order valence-corrected chi connectivity index (χ0v) is 12.0. The van der Waals surface area contributed by atoms with Crippen molar-refractivity contribution in [1.29, 1.82) is 0 Å². The van der Waals surface area contributed by atoms with Crippen LogP contribution in [-0.2, 0) is 7.05 Å². The minimum atomic E-state index is 0.404. The summed E-state index contributed by atoms with van der Waals surface area (Å²) in [5.74, 6) is 1.09. The second-order valence-electron chi connectivity index (χ2n) is 4.48. The lowest BCUT2D eigenvalue weighted by Gasteiger charge is -2.30. The maximum Gasteiger partial charge on any atom is 0.105 e. The van der Waals surface area contributed by atoms with Crippen molar-refractivity contribution < 1.29 is 0 Å². The molecular formula is C13H26N4. The van der Waals surface area contributed by atoms with Gasteiger partial charge in [-0.1, -0.05) is 13.8 Å². The van der Waals surface area contributed by atoms with Crippen molar-refractivity contribution in [3.8, 4) is 0 Å². The van der Waals surface area contributed by atoms with E-state index < -0.39 is 0 Å². The molecule has 0 bridgehead atoms. The van der Waals surface area contributed by atoms with E-state index in [0.29, 0.717) is 6.04 Å². The molecule has 1 rings (SSSR count). The van der Waals surface area contributed by atoms with Gasteiger partial charge in [0.05, 0.1) is 17.4 Å². The van der Waals surface area contributed by atoms with Gasteiger partial charge in [-0.2, -0.15) is 0 Å². The third-order valence-corrected chi connectivity index (χ3v) is 3.51. The quantitative estimate of drug-likeness (QED) is 0.818. The Morgan fingerprint density at radius 2 is 1.88 bits per heavy atom. The van der Waals surface area contributed by atoms with Crippen molar-refractivity contribution in [2.45, 2.75) is 33.7 Å². The van der Waals surface area contributed by atoms with Gasteiger partial charge in [-0.15, -0.1) is 0 Å². The lowest BCUT2D eigenvalue weighted by molar-refractivity contribution is 0.208. The van der Waals surface area contributed by atoms with Gasteiger partial charge in [0.2, 0.25) is 0 Å². The molecule has 1 N–H and O–H groups in total. The first kappa shape index (κ1) is 14.2. The van der Waals surface area contributed by atoms with E-state index in [4.69, 9.17) is 0 Å². The molecule has 1 unspecified atom stereocenters. The highest BCUT2D eigenvalue weighted by Gasteiger charge is 2.23. The summed E-state index contributed by atoms with van der Waals surface area (Å²) in [6.45, 7) is 11.7. The maximum absolute atomic E-state index is 4.57. The lowest BCUT2D eigenvalue weighted by atomic mass is 10.1. The molecule has 1 atom stereocenters. The van der Waals surface area contributed by atoms with E-state index in [2.05, 4.69) is 54.5 Å². The third kappa shape index (κ3) is 2.87. The highest BCUT2D eigenvalue weighted by molar-refractivity contribution is 5.20. The number of imidazole rings is 1. The summed E-state index contributed by atoms with van der Waals surface area (Å²) in [6, 6.07) is 0.404. The molecule has 1 aromatic heterocycles. The highest BCUT2D eigenvalue weighted by Crippen LogP contribution is 2.23. The fourth-order valence-electron chi connectivity index (χ4n) is 2.51. The van der Waals surface area contributed by atoms with Crippen LogP contribution in [0.4, 0.5) is 0 Å². The van der Waals surface area contributed by atoms with Crippen LogP contribution in [0.25, 0.3) is 0 Å². The summed E-state index contributed by atoms with van der Waals surface area (Å²) < 4.78 is 2.22. The Labute approximate surface area is 105 Å². The summed E-state index contributed by atoms with van der Waals surface area (Å²) in [5.41, 5.74) is 2.48. The lowest BCUT2D eigenvalue weighted by Crippen LogP contribution is -2.36. The minimum absolute atomic E-state index is 0.404. The highest BCUT2D eigenvalue weighted by atomic mass is 15.2. The predicted octanol–water partition coefficient (Wildman–Crippen LogP) is 1.64. The molecule has 0 spiro atoms. The molecule has 0 saturated heterocycles. The number of aromatic nitrogens is 2. The first-order valence-electron chi connectivity index (χ1n) is 6.45. The Kier molecular flexibility index (Phi) is 5.15. The second kappa shape index (κ2) is 6.17. The van der Waals surface area contributed by atoms with E-state index in [1.54, 1.807) is 0 Å². The Morgan fingerprint density at radius 1 is 1.29 bits per heavy atom. The number of hydrogen-bond donors (Lipinski definition) is 1. The fourth-order valence-corrected chi connectivity index (χ4v) is 2.51. The van der Waals surface area contributed by atoms with Crippen molar-refractivity contribution >= 4 is 0 Å². The molecule has 0 amide bonds. The van der Waals surface area contributed by atoms with Gasteiger partial charge in [0.25, 0.3) is 0 Å². The zero-order valence-electron chi connectivity index (χ0n) is 12.0. The summed E-state index contributed by atoms with van der Waals surface area (Å²) in [7, 11) is 4.12. The van der Waals surface area contributed by atoms with E-state index in [9.17, 15) is 0 Å². The van der Waals surface area contributed by atoms with Crippen LogP contribution in [0.3, 0.4) is 0 Å². The molecule has 0 radical (unpaired) electrons. The number of nitrogens with one attached hydrogen (secondary N) is 1. The second-order valence-corrected chi connectivity index (χ2v) is 4.48. The molecule has 1 heterocycles. The van der Waals surface area contributed by atoms with Gasteiger partial charge in [0, 0.05) is 13.6 Å². The molecule has 0 aliphatic heterocycles. The van der Waals surface area contributed by atoms with Gasteiger partial charge in [0.1, 0.15) is 5.82 Å². The molecule has 0 fully saturated rings. The number of nitrogens with zero attached hydrogens (tertiary/aromatic N) is 3. The standard InChI is InChI=1S/C13H26N4/c1-7-17(8-2)12(9-14-5)13-10(3)15-11(4)16(13)6/h12,14H,7-9H2,1-6H3. The van der Waals surface area contributed by atoms with Gasteiger partial charge >= 0.3 is 0 Å². The van der Waals surface area contributed by atoms with Gasteiger partial charge in [0.15, 0.2) is 0 Å². The van der Waals surface area contributed by atoms with Crippen LogP contribution < -0.4 is 5.32 Å². The van der Waals surface area contributed by atoms with Crippen LogP contribution in [0.15, 0.2) is 0 Å². The molecule has 4 nitrogen and oxygen atoms in total. The molecule has 0 aromatic carbocycles. The molecule has 0 saturated carbocycles. The predicted molar refractivity (Wildman–Crippen MR) is 72.3 cm³/mol. The van der Waals surface area contributed by atoms with Gasteiger partial charge in [-0.3, -0.25) is 4.90 Å².